The average Bonchev–Trinajstić information content (AvgIpc) is 2.75. The van der Waals surface area contributed by atoms with Gasteiger partial charge < -0.3 is 15.2 Å². The van der Waals surface area contributed by atoms with Crippen molar-refractivity contribution in [3.8, 4) is 11.3 Å². The first-order chi connectivity index (χ1) is 8.09. The Morgan fingerprint density at radius 1 is 1.00 bits per heavy atom. The number of carboxylic acid groups (broad SMARTS) is 2. The molecule has 1 aromatic carbocycles. The topological polar surface area (TPSA) is 90.4 Å². The Bertz CT molecular complexity index is 540. The lowest BCUT2D eigenvalue weighted by molar-refractivity contribution is 0.0648. The molecule has 2 aromatic rings. The summed E-state index contributed by atoms with van der Waals surface area (Å²) in [5, 5.41) is 17.8. The van der Waals surface area contributed by atoms with Crippen LogP contribution in [0.3, 0.4) is 0 Å². The Hall–Kier alpha value is -2.56. The number of H-pyrrole nitrogens is 1. The summed E-state index contributed by atoms with van der Waals surface area (Å²) in [6, 6.07) is 10.3. The third-order valence-electron chi connectivity index (χ3n) is 2.35. The van der Waals surface area contributed by atoms with Gasteiger partial charge in [0, 0.05) is 5.69 Å². The number of nitrogens with one attached hydrogen (secondary N) is 1. The van der Waals surface area contributed by atoms with E-state index in [9.17, 15) is 9.59 Å². The number of rotatable bonds is 3. The molecule has 0 unspecified atom stereocenters. The van der Waals surface area contributed by atoms with E-state index in [1.54, 1.807) is 24.3 Å². The number of hydrogen-bond acceptors (Lipinski definition) is 2. The molecule has 1 aromatic heterocycles. The smallest absolute Gasteiger partial charge is 0.353 e. The van der Waals surface area contributed by atoms with Crippen LogP contribution in [-0.2, 0) is 0 Å². The molecule has 0 aliphatic heterocycles. The third-order valence-corrected chi connectivity index (χ3v) is 2.35. The first-order valence-corrected chi connectivity index (χ1v) is 4.84. The second kappa shape index (κ2) is 4.13. The number of aromatic nitrogens is 1. The maximum atomic E-state index is 10.9. The molecule has 1 heterocycles. The van der Waals surface area contributed by atoms with E-state index in [-0.39, 0.29) is 11.3 Å². The molecule has 0 atom stereocenters. The second-order valence-corrected chi connectivity index (χ2v) is 3.45. The van der Waals surface area contributed by atoms with Crippen LogP contribution >= 0.6 is 0 Å². The highest BCUT2D eigenvalue weighted by molar-refractivity contribution is 6.02. The largest absolute Gasteiger partial charge is 0.478 e. The Balaban J connectivity index is 2.55. The Labute approximate surface area is 96.3 Å². The van der Waals surface area contributed by atoms with Gasteiger partial charge in [-0.3, -0.25) is 0 Å². The van der Waals surface area contributed by atoms with Gasteiger partial charge >= 0.3 is 11.9 Å². The van der Waals surface area contributed by atoms with Crippen molar-refractivity contribution in [2.45, 2.75) is 0 Å². The second-order valence-electron chi connectivity index (χ2n) is 3.45. The molecule has 0 fully saturated rings. The van der Waals surface area contributed by atoms with Crippen LogP contribution in [0.2, 0.25) is 0 Å². The Kier molecular flexibility index (Phi) is 2.66. The van der Waals surface area contributed by atoms with E-state index < -0.39 is 11.9 Å². The fourth-order valence-corrected chi connectivity index (χ4v) is 1.57. The van der Waals surface area contributed by atoms with Crippen LogP contribution in [0.1, 0.15) is 20.8 Å². The van der Waals surface area contributed by atoms with Gasteiger partial charge in [0.05, 0.1) is 5.56 Å². The molecule has 5 heteroatoms. The molecule has 0 aliphatic carbocycles. The molecule has 5 nitrogen and oxygen atoms in total. The van der Waals surface area contributed by atoms with Gasteiger partial charge in [-0.1, -0.05) is 30.3 Å². The quantitative estimate of drug-likeness (QED) is 0.754. The Morgan fingerprint density at radius 3 is 2.12 bits per heavy atom. The number of carboxylic acids is 2. The zero-order valence-electron chi connectivity index (χ0n) is 8.68. The molecule has 17 heavy (non-hydrogen) atoms. The van der Waals surface area contributed by atoms with Crippen molar-refractivity contribution in [2.24, 2.45) is 0 Å². The summed E-state index contributed by atoms with van der Waals surface area (Å²) in [6.07, 6.45) is 0. The molecule has 0 bridgehead atoms. The van der Waals surface area contributed by atoms with Gasteiger partial charge in [-0.2, -0.15) is 0 Å². The average molecular weight is 231 g/mol. The maximum Gasteiger partial charge on any atom is 0.353 e. The summed E-state index contributed by atoms with van der Waals surface area (Å²) < 4.78 is 0. The lowest BCUT2D eigenvalue weighted by atomic mass is 10.1. The molecule has 0 radical (unpaired) electrons. The summed E-state index contributed by atoms with van der Waals surface area (Å²) in [6.45, 7) is 0. The van der Waals surface area contributed by atoms with E-state index in [2.05, 4.69) is 4.98 Å². The van der Waals surface area contributed by atoms with Gasteiger partial charge in [0.1, 0.15) is 5.69 Å². The normalized spacial score (nSPS) is 10.1. The van der Waals surface area contributed by atoms with Crippen molar-refractivity contribution in [1.82, 2.24) is 4.98 Å². The van der Waals surface area contributed by atoms with Crippen LogP contribution in [0.15, 0.2) is 36.4 Å². The first kappa shape index (κ1) is 10.9. The van der Waals surface area contributed by atoms with Crippen LogP contribution < -0.4 is 0 Å². The summed E-state index contributed by atoms with van der Waals surface area (Å²) in [4.78, 5) is 24.4. The summed E-state index contributed by atoms with van der Waals surface area (Å²) in [7, 11) is 0. The van der Waals surface area contributed by atoms with Crippen molar-refractivity contribution >= 4 is 11.9 Å². The van der Waals surface area contributed by atoms with E-state index in [0.717, 1.165) is 5.56 Å². The highest BCUT2D eigenvalue weighted by Crippen LogP contribution is 2.21. The molecule has 0 aliphatic rings. The summed E-state index contributed by atoms with van der Waals surface area (Å²) >= 11 is 0. The van der Waals surface area contributed by atoms with Gasteiger partial charge in [0.25, 0.3) is 0 Å². The minimum atomic E-state index is -1.29. The number of aromatic amines is 1. The SMILES string of the molecule is O=C(O)c1cc(-c2ccccc2)[nH]c1C(=O)O. The zero-order chi connectivity index (χ0) is 12.4. The molecule has 0 saturated carbocycles. The van der Waals surface area contributed by atoms with Crippen LogP contribution in [0.5, 0.6) is 0 Å². The van der Waals surface area contributed by atoms with Crippen LogP contribution in [0, 0.1) is 0 Å². The first-order valence-electron chi connectivity index (χ1n) is 4.84. The van der Waals surface area contributed by atoms with Crippen LogP contribution in [0.25, 0.3) is 11.3 Å². The van der Waals surface area contributed by atoms with Gasteiger partial charge in [-0.25, -0.2) is 9.59 Å². The number of carbonyl (C=O) groups is 2. The number of hydrogen-bond donors (Lipinski definition) is 3. The van der Waals surface area contributed by atoms with E-state index in [1.165, 1.54) is 6.07 Å². The molecular formula is C12H9NO4. The van der Waals surface area contributed by atoms with Crippen LogP contribution in [-0.4, -0.2) is 27.1 Å². The van der Waals surface area contributed by atoms with Crippen molar-refractivity contribution in [2.75, 3.05) is 0 Å². The molecule has 3 N–H and O–H groups in total. The van der Waals surface area contributed by atoms with Crippen LogP contribution in [0.4, 0.5) is 0 Å². The maximum absolute atomic E-state index is 10.9. The molecule has 0 saturated heterocycles. The third kappa shape index (κ3) is 2.03. The lowest BCUT2D eigenvalue weighted by Gasteiger charge is -1.95. The predicted molar refractivity (Wildman–Crippen MR) is 60.1 cm³/mol. The van der Waals surface area contributed by atoms with Crippen molar-refractivity contribution in [3.63, 3.8) is 0 Å². The number of aromatic carboxylic acids is 2. The van der Waals surface area contributed by atoms with E-state index >= 15 is 0 Å². The standard InChI is InChI=1S/C12H9NO4/c14-11(15)8-6-9(13-10(8)12(16)17)7-4-2-1-3-5-7/h1-6,13H,(H,14,15)(H,16,17). The molecule has 2 rings (SSSR count). The summed E-state index contributed by atoms with van der Waals surface area (Å²) in [5.41, 5.74) is 0.663. The van der Waals surface area contributed by atoms with E-state index in [0.29, 0.717) is 5.69 Å². The number of benzene rings is 1. The predicted octanol–water partition coefficient (Wildman–Crippen LogP) is 2.08. The fourth-order valence-electron chi connectivity index (χ4n) is 1.57. The van der Waals surface area contributed by atoms with E-state index in [1.807, 2.05) is 6.07 Å². The molecule has 0 amide bonds. The van der Waals surface area contributed by atoms with Gasteiger partial charge in [0.2, 0.25) is 0 Å². The summed E-state index contributed by atoms with van der Waals surface area (Å²) in [5.74, 6) is -2.55. The minimum Gasteiger partial charge on any atom is -0.478 e. The minimum absolute atomic E-state index is 0.239. The highest BCUT2D eigenvalue weighted by Gasteiger charge is 2.20. The fraction of sp³-hybridized carbons (Fsp3) is 0. The molecule has 0 spiro atoms. The van der Waals surface area contributed by atoms with Crippen molar-refractivity contribution < 1.29 is 19.8 Å². The Morgan fingerprint density at radius 2 is 1.65 bits per heavy atom. The lowest BCUT2D eigenvalue weighted by Crippen LogP contribution is -2.05. The van der Waals surface area contributed by atoms with Gasteiger partial charge in [-0.15, -0.1) is 0 Å². The van der Waals surface area contributed by atoms with Gasteiger partial charge in [-0.05, 0) is 11.6 Å². The molecule has 86 valence electrons. The van der Waals surface area contributed by atoms with Crippen molar-refractivity contribution in [3.05, 3.63) is 47.7 Å². The monoisotopic (exact) mass is 231 g/mol. The zero-order valence-corrected chi connectivity index (χ0v) is 8.68. The van der Waals surface area contributed by atoms with Gasteiger partial charge in [0.15, 0.2) is 0 Å². The molecular weight excluding hydrogens is 222 g/mol. The van der Waals surface area contributed by atoms with Crippen molar-refractivity contribution in [1.29, 1.82) is 0 Å². The highest BCUT2D eigenvalue weighted by atomic mass is 16.4. The van der Waals surface area contributed by atoms with E-state index in [4.69, 9.17) is 10.2 Å².